The second-order valence-electron chi connectivity index (χ2n) is 10.4. The Hall–Kier alpha value is -3.17. The van der Waals surface area contributed by atoms with E-state index in [-0.39, 0.29) is 22.6 Å². The van der Waals surface area contributed by atoms with Crippen LogP contribution in [-0.2, 0) is 34.8 Å². The summed E-state index contributed by atoms with van der Waals surface area (Å²) in [5.74, 6) is 0.778. The molecule has 2 aliphatic rings. The number of benzene rings is 3. The molecule has 206 valence electrons. The van der Waals surface area contributed by atoms with Crippen molar-refractivity contribution < 1.29 is 13.2 Å². The smallest absolute Gasteiger partial charge is 0.241 e. The lowest BCUT2D eigenvalue weighted by molar-refractivity contribution is -0.120. The van der Waals surface area contributed by atoms with Crippen LogP contribution in [0.4, 0.5) is 5.69 Å². The number of carbonyl (C=O) groups excluding carboxylic acids is 1. The zero-order valence-electron chi connectivity index (χ0n) is 21.8. The van der Waals surface area contributed by atoms with Crippen molar-refractivity contribution in [1.29, 1.82) is 0 Å². The predicted octanol–water partition coefficient (Wildman–Crippen LogP) is 6.03. The maximum Gasteiger partial charge on any atom is 0.241 e. The van der Waals surface area contributed by atoms with E-state index in [0.717, 1.165) is 41.0 Å². The first-order chi connectivity index (χ1) is 19.2. The van der Waals surface area contributed by atoms with Gasteiger partial charge in [0.15, 0.2) is 0 Å². The molecule has 2 aliphatic carbocycles. The van der Waals surface area contributed by atoms with Gasteiger partial charge in [0.1, 0.15) is 5.82 Å². The average Bonchev–Trinajstić information content (AvgIpc) is 3.49. The Morgan fingerprint density at radius 3 is 2.60 bits per heavy atom. The number of aromatic nitrogens is 2. The van der Waals surface area contributed by atoms with Crippen molar-refractivity contribution in [3.63, 3.8) is 0 Å². The van der Waals surface area contributed by atoms with Crippen LogP contribution in [0.2, 0.25) is 10.0 Å². The van der Waals surface area contributed by atoms with Gasteiger partial charge in [-0.3, -0.25) is 4.79 Å². The number of carbonyl (C=O) groups is 1. The average molecular weight is 596 g/mol. The van der Waals surface area contributed by atoms with Gasteiger partial charge in [-0.15, -0.1) is 0 Å². The lowest BCUT2D eigenvalue weighted by Gasteiger charge is -2.25. The molecule has 0 unspecified atom stereocenters. The summed E-state index contributed by atoms with van der Waals surface area (Å²) < 4.78 is 31.1. The minimum Gasteiger partial charge on any atom is -0.337 e. The molecule has 10 heteroatoms. The van der Waals surface area contributed by atoms with Gasteiger partial charge in [-0.05, 0) is 84.3 Å². The van der Waals surface area contributed by atoms with E-state index in [2.05, 4.69) is 9.71 Å². The number of nitrogens with zero attached hydrogens (tertiary/aromatic N) is 3. The Balaban J connectivity index is 1.29. The van der Waals surface area contributed by atoms with E-state index in [1.54, 1.807) is 23.2 Å². The Bertz CT molecular complexity index is 1690. The number of hydrogen-bond acceptors (Lipinski definition) is 4. The molecule has 1 heterocycles. The van der Waals surface area contributed by atoms with Crippen LogP contribution in [0.15, 0.2) is 84.0 Å². The fraction of sp³-hybridized carbons (Fsp3) is 0.267. The number of anilines is 1. The van der Waals surface area contributed by atoms with Gasteiger partial charge in [0.2, 0.25) is 15.9 Å². The highest BCUT2D eigenvalue weighted by Crippen LogP contribution is 2.49. The van der Waals surface area contributed by atoms with E-state index >= 15 is 0 Å². The third kappa shape index (κ3) is 5.41. The number of fused-ring (bicyclic) bond motifs is 1. The second-order valence-corrected chi connectivity index (χ2v) is 13.0. The molecule has 1 N–H and O–H groups in total. The van der Waals surface area contributed by atoms with Crippen LogP contribution < -0.4 is 9.62 Å². The molecule has 6 rings (SSSR count). The van der Waals surface area contributed by atoms with Crippen molar-refractivity contribution in [3.05, 3.63) is 112 Å². The summed E-state index contributed by atoms with van der Waals surface area (Å²) in [6, 6.07) is 19.4. The summed E-state index contributed by atoms with van der Waals surface area (Å²) in [7, 11) is -1.88. The van der Waals surface area contributed by atoms with E-state index in [0.29, 0.717) is 23.0 Å². The standard InChI is InChI=1S/C30H28Cl2N4O3S/c1-35-14-13-33-29(35)18-36(30(37)27-17-25(27)19-5-9-21(31)10-6-19)23-11-7-20-8-12-28(26(20)16-23)34-40(38,39)24-4-2-3-22(32)15-24/h2-7,9-11,13-16,25,27-28,34H,8,12,17-18H2,1H3/t25-,27-,28-/m1/s1. The van der Waals surface area contributed by atoms with Gasteiger partial charge in [-0.25, -0.2) is 18.1 Å². The Morgan fingerprint density at radius 1 is 1.07 bits per heavy atom. The predicted molar refractivity (Wildman–Crippen MR) is 156 cm³/mol. The lowest BCUT2D eigenvalue weighted by Crippen LogP contribution is -2.33. The molecule has 1 fully saturated rings. The van der Waals surface area contributed by atoms with E-state index in [1.807, 2.05) is 60.3 Å². The molecule has 0 saturated heterocycles. The summed E-state index contributed by atoms with van der Waals surface area (Å²) in [6.45, 7) is 0.309. The van der Waals surface area contributed by atoms with Crippen LogP contribution in [0, 0.1) is 5.92 Å². The molecule has 0 aliphatic heterocycles. The minimum atomic E-state index is -3.79. The summed E-state index contributed by atoms with van der Waals surface area (Å²) in [5.41, 5.74) is 3.77. The third-order valence-electron chi connectivity index (χ3n) is 7.82. The molecule has 7 nitrogen and oxygen atoms in total. The lowest BCUT2D eigenvalue weighted by atomic mass is 10.1. The topological polar surface area (TPSA) is 84.3 Å². The number of nitrogens with one attached hydrogen (secondary N) is 1. The molecule has 3 atom stereocenters. The van der Waals surface area contributed by atoms with E-state index in [9.17, 15) is 13.2 Å². The van der Waals surface area contributed by atoms with E-state index in [4.69, 9.17) is 23.2 Å². The van der Waals surface area contributed by atoms with Crippen LogP contribution in [0.25, 0.3) is 0 Å². The number of amides is 1. The molecule has 0 bridgehead atoms. The van der Waals surface area contributed by atoms with Gasteiger partial charge < -0.3 is 9.47 Å². The van der Waals surface area contributed by atoms with E-state index < -0.39 is 16.1 Å². The van der Waals surface area contributed by atoms with Gasteiger partial charge in [-0.1, -0.05) is 47.5 Å². The van der Waals surface area contributed by atoms with Gasteiger partial charge in [0, 0.05) is 47.1 Å². The molecule has 3 aromatic carbocycles. The number of hydrogen-bond donors (Lipinski definition) is 1. The third-order valence-corrected chi connectivity index (χ3v) is 9.77. The number of rotatable bonds is 8. The van der Waals surface area contributed by atoms with Crippen LogP contribution in [0.5, 0.6) is 0 Å². The van der Waals surface area contributed by atoms with Crippen LogP contribution in [0.1, 0.15) is 47.3 Å². The molecule has 4 aromatic rings. The number of sulfonamides is 1. The highest BCUT2D eigenvalue weighted by atomic mass is 35.5. The zero-order valence-corrected chi connectivity index (χ0v) is 24.1. The first-order valence-electron chi connectivity index (χ1n) is 13.1. The van der Waals surface area contributed by atoms with Gasteiger partial charge in [0.05, 0.1) is 11.4 Å². The van der Waals surface area contributed by atoms with Crippen LogP contribution in [0.3, 0.4) is 0 Å². The van der Waals surface area contributed by atoms with Crippen molar-refractivity contribution in [3.8, 4) is 0 Å². The quantitative estimate of drug-likeness (QED) is 0.270. The zero-order chi connectivity index (χ0) is 28.0. The first-order valence-corrected chi connectivity index (χ1v) is 15.4. The first kappa shape index (κ1) is 27.0. The summed E-state index contributed by atoms with van der Waals surface area (Å²) in [5, 5.41) is 1.03. The van der Waals surface area contributed by atoms with Crippen molar-refractivity contribution in [1.82, 2.24) is 14.3 Å². The number of imidazole rings is 1. The highest BCUT2D eigenvalue weighted by Gasteiger charge is 2.46. The van der Waals surface area contributed by atoms with Gasteiger partial charge >= 0.3 is 0 Å². The van der Waals surface area contributed by atoms with Crippen LogP contribution in [-0.4, -0.2) is 23.9 Å². The molecule has 0 radical (unpaired) electrons. The Labute approximate surface area is 243 Å². The molecule has 1 aromatic heterocycles. The second kappa shape index (κ2) is 10.7. The fourth-order valence-corrected chi connectivity index (χ4v) is 7.18. The number of halogens is 2. The summed E-state index contributed by atoms with van der Waals surface area (Å²) in [6.07, 6.45) is 5.72. The minimum absolute atomic E-state index is 0.0250. The van der Waals surface area contributed by atoms with Crippen molar-refractivity contribution >= 4 is 44.8 Å². The van der Waals surface area contributed by atoms with Crippen molar-refractivity contribution in [2.24, 2.45) is 13.0 Å². The monoisotopic (exact) mass is 594 g/mol. The fourth-order valence-electron chi connectivity index (χ4n) is 5.50. The largest absolute Gasteiger partial charge is 0.337 e. The summed E-state index contributed by atoms with van der Waals surface area (Å²) >= 11 is 12.1. The van der Waals surface area contributed by atoms with E-state index in [1.165, 1.54) is 12.1 Å². The molecular weight excluding hydrogens is 567 g/mol. The highest BCUT2D eigenvalue weighted by molar-refractivity contribution is 7.89. The van der Waals surface area contributed by atoms with Crippen LogP contribution >= 0.6 is 23.2 Å². The Morgan fingerprint density at radius 2 is 1.88 bits per heavy atom. The SMILES string of the molecule is Cn1ccnc1CN(C(=O)[C@@H]1C[C@@H]1c1ccc(Cl)cc1)c1ccc2c(c1)[C@H](NS(=O)(=O)c1cccc(Cl)c1)CC2. The maximum absolute atomic E-state index is 14.0. The van der Waals surface area contributed by atoms with Gasteiger partial charge in [-0.2, -0.15) is 0 Å². The molecule has 1 saturated carbocycles. The Kier molecular flexibility index (Phi) is 7.21. The normalized spacial score (nSPS) is 19.8. The molecule has 0 spiro atoms. The summed E-state index contributed by atoms with van der Waals surface area (Å²) in [4.78, 5) is 20.3. The van der Waals surface area contributed by atoms with Crippen molar-refractivity contribution in [2.75, 3.05) is 4.90 Å². The van der Waals surface area contributed by atoms with Gasteiger partial charge in [0.25, 0.3) is 0 Å². The van der Waals surface area contributed by atoms with Crippen molar-refractivity contribution in [2.45, 2.75) is 42.7 Å². The molecular formula is C30H28Cl2N4O3S. The molecule has 40 heavy (non-hydrogen) atoms. The number of aryl methyl sites for hydroxylation is 2. The maximum atomic E-state index is 14.0. The molecule has 1 amide bonds.